The number of hydrogen-bond acceptors (Lipinski definition) is 1. The second kappa shape index (κ2) is 9.62. The van der Waals surface area contributed by atoms with Crippen LogP contribution >= 0.6 is 11.6 Å². The molecule has 0 aliphatic rings. The molecule has 0 fully saturated rings. The minimum absolute atomic E-state index is 0.0634. The lowest BCUT2D eigenvalue weighted by Gasteiger charge is -2.22. The molecule has 39 heavy (non-hydrogen) atoms. The van der Waals surface area contributed by atoms with Crippen molar-refractivity contribution in [3.05, 3.63) is 162 Å². The van der Waals surface area contributed by atoms with E-state index in [1.807, 2.05) is 30.3 Å². The fourth-order valence-electron chi connectivity index (χ4n) is 5.70. The van der Waals surface area contributed by atoms with Gasteiger partial charge < -0.3 is 4.42 Å². The van der Waals surface area contributed by atoms with E-state index >= 15 is 0 Å². The molecule has 1 heterocycles. The first-order valence-electron chi connectivity index (χ1n) is 13.1. The average molecular weight is 521 g/mol. The lowest BCUT2D eigenvalue weighted by Crippen LogP contribution is -2.04. The molecule has 0 amide bonds. The molecule has 2 heteroatoms. The number of fused-ring (bicyclic) bond motifs is 4. The van der Waals surface area contributed by atoms with E-state index in [-0.39, 0.29) is 5.92 Å². The number of halogens is 1. The van der Waals surface area contributed by atoms with Gasteiger partial charge >= 0.3 is 0 Å². The van der Waals surface area contributed by atoms with Crippen LogP contribution in [0.2, 0.25) is 5.02 Å². The zero-order valence-electron chi connectivity index (χ0n) is 21.3. The van der Waals surface area contributed by atoms with Gasteiger partial charge in [0.2, 0.25) is 0 Å². The molecular formula is C37H25ClO. The maximum atomic E-state index is 6.82. The Bertz CT molecular complexity index is 1980. The fraction of sp³-hybridized carbons (Fsp3) is 0.0270. The van der Waals surface area contributed by atoms with Crippen LogP contribution in [0.5, 0.6) is 0 Å². The van der Waals surface area contributed by atoms with E-state index < -0.39 is 0 Å². The van der Waals surface area contributed by atoms with E-state index in [1.165, 1.54) is 22.3 Å². The quantitative estimate of drug-likeness (QED) is 0.220. The fourth-order valence-corrected chi connectivity index (χ4v) is 5.95. The summed E-state index contributed by atoms with van der Waals surface area (Å²) in [5.41, 5.74) is 8.26. The molecule has 7 aromatic rings. The van der Waals surface area contributed by atoms with Crippen molar-refractivity contribution in [2.24, 2.45) is 0 Å². The maximum absolute atomic E-state index is 6.82. The van der Waals surface area contributed by atoms with Crippen LogP contribution in [0.4, 0.5) is 0 Å². The van der Waals surface area contributed by atoms with Crippen molar-refractivity contribution in [1.82, 2.24) is 0 Å². The highest BCUT2D eigenvalue weighted by atomic mass is 35.5. The lowest BCUT2D eigenvalue weighted by atomic mass is 9.81. The monoisotopic (exact) mass is 520 g/mol. The van der Waals surface area contributed by atoms with Crippen LogP contribution in [0.25, 0.3) is 49.4 Å². The number of allylic oxidation sites excluding steroid dienone is 1. The van der Waals surface area contributed by atoms with Gasteiger partial charge in [-0.1, -0.05) is 127 Å². The number of furan rings is 1. The maximum Gasteiger partial charge on any atom is 0.144 e. The molecule has 7 rings (SSSR count). The molecule has 1 nitrogen and oxygen atoms in total. The van der Waals surface area contributed by atoms with Crippen molar-refractivity contribution < 1.29 is 4.42 Å². The van der Waals surface area contributed by atoms with Crippen LogP contribution in [0, 0.1) is 0 Å². The summed E-state index contributed by atoms with van der Waals surface area (Å²) < 4.78 is 6.56. The van der Waals surface area contributed by atoms with Gasteiger partial charge in [0.25, 0.3) is 0 Å². The minimum Gasteiger partial charge on any atom is -0.455 e. The van der Waals surface area contributed by atoms with Gasteiger partial charge in [-0.15, -0.1) is 0 Å². The molecule has 1 unspecified atom stereocenters. The molecule has 0 aliphatic heterocycles. The van der Waals surface area contributed by atoms with Gasteiger partial charge in [0.1, 0.15) is 11.2 Å². The molecule has 1 aromatic heterocycles. The van der Waals surface area contributed by atoms with E-state index in [4.69, 9.17) is 16.0 Å². The second-order valence-corrected chi connectivity index (χ2v) is 10.4. The Labute approximate surface area is 232 Å². The van der Waals surface area contributed by atoms with Crippen molar-refractivity contribution in [3.8, 4) is 11.1 Å². The second-order valence-electron chi connectivity index (χ2n) is 9.96. The van der Waals surface area contributed by atoms with Crippen LogP contribution in [0.1, 0.15) is 22.6 Å². The van der Waals surface area contributed by atoms with Crippen molar-refractivity contribution in [2.45, 2.75) is 5.92 Å². The Balaban J connectivity index is 1.43. The van der Waals surface area contributed by atoms with E-state index in [9.17, 15) is 0 Å². The third-order valence-corrected chi connectivity index (χ3v) is 7.91. The summed E-state index contributed by atoms with van der Waals surface area (Å²) in [5.74, 6) is -0.0634. The predicted octanol–water partition coefficient (Wildman–Crippen LogP) is 10.9. The molecule has 1 atom stereocenters. The number of hydrogen-bond donors (Lipinski definition) is 0. The Morgan fingerprint density at radius 3 is 2.03 bits per heavy atom. The molecule has 6 aromatic carbocycles. The summed E-state index contributed by atoms with van der Waals surface area (Å²) in [4.78, 5) is 0. The van der Waals surface area contributed by atoms with E-state index in [1.54, 1.807) is 0 Å². The largest absolute Gasteiger partial charge is 0.455 e. The van der Waals surface area contributed by atoms with Crippen LogP contribution in [-0.4, -0.2) is 0 Å². The van der Waals surface area contributed by atoms with Gasteiger partial charge in [0.05, 0.1) is 5.02 Å². The topological polar surface area (TPSA) is 13.1 Å². The predicted molar refractivity (Wildman–Crippen MR) is 165 cm³/mol. The van der Waals surface area contributed by atoms with Crippen LogP contribution in [0.3, 0.4) is 0 Å². The SMILES string of the molecule is C=C(c1ccc(Cl)c2c1oc1cc3ccccc3cc12)C(c1ccccc1)c1cccc(-c2ccccc2)c1. The summed E-state index contributed by atoms with van der Waals surface area (Å²) in [6.07, 6.45) is 0. The summed E-state index contributed by atoms with van der Waals surface area (Å²) in [6.45, 7) is 4.68. The van der Waals surface area contributed by atoms with Crippen LogP contribution < -0.4 is 0 Å². The summed E-state index contributed by atoms with van der Waals surface area (Å²) in [5, 5.41) is 4.93. The zero-order chi connectivity index (χ0) is 26.3. The van der Waals surface area contributed by atoms with Gasteiger partial charge in [-0.05, 0) is 62.9 Å². The van der Waals surface area contributed by atoms with Crippen molar-refractivity contribution >= 4 is 49.9 Å². The van der Waals surface area contributed by atoms with Gasteiger partial charge in [-0.25, -0.2) is 0 Å². The molecule has 0 bridgehead atoms. The van der Waals surface area contributed by atoms with E-state index in [2.05, 4.69) is 110 Å². The van der Waals surface area contributed by atoms with Crippen molar-refractivity contribution in [1.29, 1.82) is 0 Å². The standard InChI is InChI=1S/C37H25ClO/c1-24(31-19-20-33(38)36-32-22-28-15-8-9-16-29(28)23-34(32)39-37(31)36)35(26-13-6-3-7-14-26)30-18-10-17-27(21-30)25-11-4-2-5-12-25/h2-23,35H,1H2. The number of benzene rings is 6. The molecule has 0 saturated heterocycles. The molecule has 0 aliphatic carbocycles. The highest BCUT2D eigenvalue weighted by molar-refractivity contribution is 6.38. The highest BCUT2D eigenvalue weighted by Crippen LogP contribution is 2.44. The third-order valence-electron chi connectivity index (χ3n) is 7.59. The summed E-state index contributed by atoms with van der Waals surface area (Å²) in [6, 6.07) is 46.4. The summed E-state index contributed by atoms with van der Waals surface area (Å²) >= 11 is 6.82. The Morgan fingerprint density at radius 2 is 1.26 bits per heavy atom. The minimum atomic E-state index is -0.0634. The Kier molecular flexibility index (Phi) is 5.80. The van der Waals surface area contributed by atoms with Gasteiger partial charge in [-0.2, -0.15) is 0 Å². The normalized spacial score (nSPS) is 12.2. The van der Waals surface area contributed by atoms with Gasteiger partial charge in [0, 0.05) is 22.3 Å². The summed E-state index contributed by atoms with van der Waals surface area (Å²) in [7, 11) is 0. The lowest BCUT2D eigenvalue weighted by molar-refractivity contribution is 0.668. The average Bonchev–Trinajstić information content (AvgIpc) is 3.36. The molecule has 0 N–H and O–H groups in total. The van der Waals surface area contributed by atoms with Crippen LogP contribution in [0.15, 0.2) is 144 Å². The molecule has 0 spiro atoms. The first kappa shape index (κ1) is 23.5. The third kappa shape index (κ3) is 4.12. The van der Waals surface area contributed by atoms with Crippen molar-refractivity contribution in [3.63, 3.8) is 0 Å². The smallest absolute Gasteiger partial charge is 0.144 e. The highest BCUT2D eigenvalue weighted by Gasteiger charge is 2.24. The zero-order valence-corrected chi connectivity index (χ0v) is 22.0. The van der Waals surface area contributed by atoms with Gasteiger partial charge in [-0.3, -0.25) is 0 Å². The Morgan fingerprint density at radius 1 is 0.615 bits per heavy atom. The Hall–Kier alpha value is -4.59. The molecule has 0 radical (unpaired) electrons. The first-order valence-corrected chi connectivity index (χ1v) is 13.5. The van der Waals surface area contributed by atoms with Crippen molar-refractivity contribution in [2.75, 3.05) is 0 Å². The molecule has 186 valence electrons. The first-order chi connectivity index (χ1) is 19.2. The molecular weight excluding hydrogens is 496 g/mol. The van der Waals surface area contributed by atoms with E-state index in [0.717, 1.165) is 43.8 Å². The van der Waals surface area contributed by atoms with Crippen LogP contribution in [-0.2, 0) is 0 Å². The molecule has 0 saturated carbocycles. The van der Waals surface area contributed by atoms with E-state index in [0.29, 0.717) is 5.02 Å². The van der Waals surface area contributed by atoms with Gasteiger partial charge in [0.15, 0.2) is 0 Å². The number of rotatable bonds is 5.